The van der Waals surface area contributed by atoms with Crippen molar-refractivity contribution in [2.45, 2.75) is 84.2 Å². The van der Waals surface area contributed by atoms with Gasteiger partial charge in [0.15, 0.2) is 6.04 Å². The molecular weight excluding hydrogens is 422 g/mol. The minimum atomic E-state index is -1.55. The van der Waals surface area contributed by atoms with Crippen LogP contribution in [0.2, 0.25) is 0 Å². The minimum Gasteiger partial charge on any atom is -0.480 e. The molecule has 0 fully saturated rings. The van der Waals surface area contributed by atoms with E-state index in [0.717, 1.165) is 0 Å². The van der Waals surface area contributed by atoms with Gasteiger partial charge in [0.05, 0.1) is 12.1 Å². The fourth-order valence-corrected chi connectivity index (χ4v) is 2.80. The number of hydrogen-bond donors (Lipinski definition) is 7. The van der Waals surface area contributed by atoms with Crippen LogP contribution >= 0.6 is 0 Å². The molecule has 9 N–H and O–H groups in total. The van der Waals surface area contributed by atoms with E-state index < -0.39 is 59.9 Å². The smallest absolute Gasteiger partial charge is 0.328 e. The number of aliphatic hydroxyl groups is 1. The largest absolute Gasteiger partial charge is 0.480 e. The lowest BCUT2D eigenvalue weighted by Gasteiger charge is -2.29. The first-order valence-corrected chi connectivity index (χ1v) is 10.6. The van der Waals surface area contributed by atoms with Gasteiger partial charge in [-0.3, -0.25) is 19.2 Å². The Morgan fingerprint density at radius 2 is 1.31 bits per heavy atom. The number of primary amides is 1. The summed E-state index contributed by atoms with van der Waals surface area (Å²) in [7, 11) is 0. The molecule has 0 aliphatic carbocycles. The maximum Gasteiger partial charge on any atom is 0.328 e. The number of amides is 4. The molecule has 4 amide bonds. The van der Waals surface area contributed by atoms with E-state index in [4.69, 9.17) is 11.5 Å². The number of rotatable bonds is 14. The van der Waals surface area contributed by atoms with Crippen molar-refractivity contribution in [2.24, 2.45) is 23.3 Å². The molecule has 0 aliphatic heterocycles. The quantitative estimate of drug-likeness (QED) is 0.157. The molecule has 0 saturated carbocycles. The van der Waals surface area contributed by atoms with Crippen molar-refractivity contribution in [2.75, 3.05) is 0 Å². The number of hydrogen-bond acceptors (Lipinski definition) is 7. The number of carboxylic acids is 1. The van der Waals surface area contributed by atoms with Crippen LogP contribution in [0.3, 0.4) is 0 Å². The van der Waals surface area contributed by atoms with Gasteiger partial charge in [0.2, 0.25) is 23.6 Å². The van der Waals surface area contributed by atoms with E-state index in [1.807, 2.05) is 0 Å². The van der Waals surface area contributed by atoms with Gasteiger partial charge in [-0.05, 0) is 25.2 Å². The number of nitrogens with two attached hydrogens (primary N) is 2. The molecule has 0 bridgehead atoms. The standard InChI is InChI=1S/C20H37N5O7/c1-6-10(4)15(19(30)25-16(11(5)26)20(31)32)24-18(29)14(9(2)3)23-17(28)12(21)7-8-13(22)27/h9-12,14-16,26H,6-8,21H2,1-5H3,(H2,22,27)(H,23,28)(H,24,29)(H,25,30)(H,31,32). The molecule has 0 aromatic carbocycles. The lowest BCUT2D eigenvalue weighted by atomic mass is 9.95. The monoisotopic (exact) mass is 459 g/mol. The van der Waals surface area contributed by atoms with Gasteiger partial charge >= 0.3 is 5.97 Å². The second-order valence-electron chi connectivity index (χ2n) is 8.28. The Balaban J connectivity index is 5.44. The predicted molar refractivity (Wildman–Crippen MR) is 116 cm³/mol. The van der Waals surface area contributed by atoms with E-state index in [1.54, 1.807) is 27.7 Å². The molecule has 0 rings (SSSR count). The van der Waals surface area contributed by atoms with Crippen LogP contribution in [-0.2, 0) is 24.0 Å². The van der Waals surface area contributed by atoms with Crippen LogP contribution in [0, 0.1) is 11.8 Å². The number of nitrogens with one attached hydrogen (secondary N) is 3. The van der Waals surface area contributed by atoms with Crippen LogP contribution < -0.4 is 27.4 Å². The van der Waals surface area contributed by atoms with Crippen LogP contribution in [0.15, 0.2) is 0 Å². The zero-order valence-electron chi connectivity index (χ0n) is 19.3. The number of aliphatic hydroxyl groups excluding tert-OH is 1. The number of carbonyl (C=O) groups is 5. The molecule has 0 aliphatic rings. The predicted octanol–water partition coefficient (Wildman–Crippen LogP) is -1.80. The molecule has 0 aromatic heterocycles. The van der Waals surface area contributed by atoms with Crippen molar-refractivity contribution in [3.8, 4) is 0 Å². The van der Waals surface area contributed by atoms with Crippen molar-refractivity contribution in [1.29, 1.82) is 0 Å². The van der Waals surface area contributed by atoms with Gasteiger partial charge in [-0.2, -0.15) is 0 Å². The van der Waals surface area contributed by atoms with Gasteiger partial charge in [0.1, 0.15) is 12.1 Å². The second kappa shape index (κ2) is 13.6. The van der Waals surface area contributed by atoms with Crippen LogP contribution in [0.4, 0.5) is 0 Å². The Labute approximate surface area is 187 Å². The topological polar surface area (TPSA) is 214 Å². The van der Waals surface area contributed by atoms with E-state index >= 15 is 0 Å². The molecule has 0 heterocycles. The van der Waals surface area contributed by atoms with Gasteiger partial charge < -0.3 is 37.6 Å². The fourth-order valence-electron chi connectivity index (χ4n) is 2.80. The van der Waals surface area contributed by atoms with E-state index in [-0.39, 0.29) is 24.7 Å². The van der Waals surface area contributed by atoms with Crippen LogP contribution in [0.25, 0.3) is 0 Å². The Kier molecular flexibility index (Phi) is 12.5. The summed E-state index contributed by atoms with van der Waals surface area (Å²) in [5.41, 5.74) is 10.8. The third-order valence-corrected chi connectivity index (χ3v) is 5.12. The van der Waals surface area contributed by atoms with Gasteiger partial charge in [-0.15, -0.1) is 0 Å². The molecule has 12 nitrogen and oxygen atoms in total. The third-order valence-electron chi connectivity index (χ3n) is 5.12. The van der Waals surface area contributed by atoms with Gasteiger partial charge in [0.25, 0.3) is 0 Å². The summed E-state index contributed by atoms with van der Waals surface area (Å²) in [5.74, 6) is -4.83. The zero-order chi connectivity index (χ0) is 25.2. The summed E-state index contributed by atoms with van der Waals surface area (Å²) in [6, 6.07) is -4.73. The average Bonchev–Trinajstić information content (AvgIpc) is 2.70. The SMILES string of the molecule is CCC(C)C(NC(=O)C(NC(=O)C(N)CCC(N)=O)C(C)C)C(=O)NC(C(=O)O)C(C)O. The summed E-state index contributed by atoms with van der Waals surface area (Å²) < 4.78 is 0. The summed E-state index contributed by atoms with van der Waals surface area (Å²) in [6.07, 6.45) is -0.935. The Hall–Kier alpha value is -2.73. The van der Waals surface area contributed by atoms with E-state index in [9.17, 15) is 34.2 Å². The van der Waals surface area contributed by atoms with Crippen molar-refractivity contribution >= 4 is 29.6 Å². The van der Waals surface area contributed by atoms with E-state index in [1.165, 1.54) is 6.92 Å². The number of carboxylic acid groups (broad SMARTS) is 1. The highest BCUT2D eigenvalue weighted by molar-refractivity contribution is 5.94. The number of aliphatic carboxylic acids is 1. The molecule has 6 unspecified atom stereocenters. The fraction of sp³-hybridized carbons (Fsp3) is 0.750. The van der Waals surface area contributed by atoms with Crippen molar-refractivity contribution in [1.82, 2.24) is 16.0 Å². The molecule has 184 valence electrons. The van der Waals surface area contributed by atoms with Crippen molar-refractivity contribution < 1.29 is 34.2 Å². The average molecular weight is 460 g/mol. The Morgan fingerprint density at radius 3 is 1.72 bits per heavy atom. The minimum absolute atomic E-state index is 0.0153. The lowest BCUT2D eigenvalue weighted by Crippen LogP contribution is -2.60. The number of carbonyl (C=O) groups excluding carboxylic acids is 4. The maximum absolute atomic E-state index is 12.9. The Morgan fingerprint density at radius 1 is 0.844 bits per heavy atom. The van der Waals surface area contributed by atoms with Crippen LogP contribution in [-0.4, -0.2) is 70.1 Å². The maximum atomic E-state index is 12.9. The molecule has 0 radical (unpaired) electrons. The summed E-state index contributed by atoms with van der Waals surface area (Å²) in [4.78, 5) is 60.1. The second-order valence-corrected chi connectivity index (χ2v) is 8.28. The lowest BCUT2D eigenvalue weighted by molar-refractivity contribution is -0.145. The van der Waals surface area contributed by atoms with E-state index in [2.05, 4.69) is 16.0 Å². The molecule has 6 atom stereocenters. The zero-order valence-corrected chi connectivity index (χ0v) is 19.3. The van der Waals surface area contributed by atoms with Crippen LogP contribution in [0.1, 0.15) is 53.9 Å². The highest BCUT2D eigenvalue weighted by Gasteiger charge is 2.34. The van der Waals surface area contributed by atoms with Gasteiger partial charge in [-0.25, -0.2) is 4.79 Å². The van der Waals surface area contributed by atoms with Gasteiger partial charge in [-0.1, -0.05) is 34.1 Å². The summed E-state index contributed by atoms with van der Waals surface area (Å²) in [5, 5.41) is 26.1. The first kappa shape index (κ1) is 29.3. The first-order chi connectivity index (χ1) is 14.7. The molecule has 32 heavy (non-hydrogen) atoms. The van der Waals surface area contributed by atoms with E-state index in [0.29, 0.717) is 6.42 Å². The highest BCUT2D eigenvalue weighted by Crippen LogP contribution is 2.11. The Bertz CT molecular complexity index is 683. The first-order valence-electron chi connectivity index (χ1n) is 10.6. The normalized spacial score (nSPS) is 16.8. The summed E-state index contributed by atoms with van der Waals surface area (Å²) in [6.45, 7) is 8.09. The molecular formula is C20H37N5O7. The van der Waals surface area contributed by atoms with Crippen molar-refractivity contribution in [3.05, 3.63) is 0 Å². The molecule has 0 aromatic rings. The van der Waals surface area contributed by atoms with Crippen molar-refractivity contribution in [3.63, 3.8) is 0 Å². The van der Waals surface area contributed by atoms with Crippen LogP contribution in [0.5, 0.6) is 0 Å². The highest BCUT2D eigenvalue weighted by atomic mass is 16.4. The van der Waals surface area contributed by atoms with Gasteiger partial charge in [0, 0.05) is 6.42 Å². The molecule has 0 saturated heterocycles. The molecule has 0 spiro atoms. The molecule has 12 heteroatoms. The third kappa shape index (κ3) is 9.60. The summed E-state index contributed by atoms with van der Waals surface area (Å²) >= 11 is 0.